The number of nitrogens with zero attached hydrogens (tertiary/aromatic N) is 1. The number of carbonyl (C=O) groups is 1. The van der Waals surface area contributed by atoms with Gasteiger partial charge in [0.05, 0.1) is 12.0 Å². The molecular weight excluding hydrogens is 314 g/mol. The lowest BCUT2D eigenvalue weighted by molar-refractivity contribution is -0.385. The quantitative estimate of drug-likeness (QED) is 0.664. The maximum Gasteiger partial charge on any atom is 0.339 e. The third-order valence-electron chi connectivity index (χ3n) is 2.76. The third kappa shape index (κ3) is 3.26. The average Bonchev–Trinajstić information content (AvgIpc) is 2.46. The second-order valence-electron chi connectivity index (χ2n) is 4.14. The van der Waals surface area contributed by atoms with E-state index in [2.05, 4.69) is 0 Å². The van der Waals surface area contributed by atoms with Gasteiger partial charge in [-0.05, 0) is 18.2 Å². The highest BCUT2D eigenvalue weighted by Gasteiger charge is 2.20. The van der Waals surface area contributed by atoms with Crippen molar-refractivity contribution in [2.45, 2.75) is 0 Å². The van der Waals surface area contributed by atoms with Crippen LogP contribution in [0.25, 0.3) is 0 Å². The summed E-state index contributed by atoms with van der Waals surface area (Å²) in [6, 6.07) is 7.82. The fourth-order valence-electron chi connectivity index (χ4n) is 1.73. The summed E-state index contributed by atoms with van der Waals surface area (Å²) < 4.78 is 10.4. The first-order chi connectivity index (χ1) is 10.4. The van der Waals surface area contributed by atoms with E-state index in [9.17, 15) is 14.9 Å². The first kappa shape index (κ1) is 15.6. The molecule has 2 aromatic rings. The van der Waals surface area contributed by atoms with Gasteiger partial charge in [-0.15, -0.1) is 0 Å². The van der Waals surface area contributed by atoms with Gasteiger partial charge in [-0.25, -0.2) is 4.79 Å². The normalized spacial score (nSPS) is 10.1. The van der Waals surface area contributed by atoms with Gasteiger partial charge in [-0.3, -0.25) is 10.1 Å². The second-order valence-corrected chi connectivity index (χ2v) is 4.57. The van der Waals surface area contributed by atoms with Crippen LogP contribution in [0.2, 0.25) is 5.02 Å². The zero-order valence-corrected chi connectivity index (χ0v) is 12.0. The molecule has 0 aliphatic heterocycles. The Bertz CT molecular complexity index is 746. The zero-order valence-electron chi connectivity index (χ0n) is 11.3. The molecule has 0 radical (unpaired) electrons. The number of ether oxygens (including phenoxy) is 2. The van der Waals surface area contributed by atoms with Crippen LogP contribution >= 0.6 is 11.6 Å². The summed E-state index contributed by atoms with van der Waals surface area (Å²) in [6.07, 6.45) is 0. The smallest absolute Gasteiger partial charge is 0.339 e. The molecule has 0 bridgehead atoms. The van der Waals surface area contributed by atoms with E-state index in [1.807, 2.05) is 0 Å². The molecular formula is C14H10ClNO6. The van der Waals surface area contributed by atoms with Crippen molar-refractivity contribution in [2.75, 3.05) is 7.11 Å². The molecule has 0 aliphatic carbocycles. The van der Waals surface area contributed by atoms with E-state index in [4.69, 9.17) is 26.2 Å². The molecule has 22 heavy (non-hydrogen) atoms. The summed E-state index contributed by atoms with van der Waals surface area (Å²) in [4.78, 5) is 21.6. The molecule has 0 saturated carbocycles. The number of rotatable bonds is 5. The van der Waals surface area contributed by atoms with Gasteiger partial charge in [0.1, 0.15) is 17.1 Å². The van der Waals surface area contributed by atoms with Gasteiger partial charge in [0.25, 0.3) is 0 Å². The van der Waals surface area contributed by atoms with Gasteiger partial charge in [0.2, 0.25) is 5.75 Å². The van der Waals surface area contributed by atoms with Gasteiger partial charge >= 0.3 is 11.7 Å². The minimum atomic E-state index is -1.23. The molecule has 0 saturated heterocycles. The Kier molecular flexibility index (Phi) is 4.47. The van der Waals surface area contributed by atoms with Gasteiger partial charge < -0.3 is 14.6 Å². The van der Waals surface area contributed by atoms with Crippen molar-refractivity contribution in [1.82, 2.24) is 0 Å². The van der Waals surface area contributed by atoms with E-state index in [-0.39, 0.29) is 27.8 Å². The molecule has 1 N–H and O–H groups in total. The summed E-state index contributed by atoms with van der Waals surface area (Å²) in [5, 5.41) is 20.4. The zero-order chi connectivity index (χ0) is 16.3. The maximum absolute atomic E-state index is 11.2. The summed E-state index contributed by atoms with van der Waals surface area (Å²) in [6.45, 7) is 0. The number of benzene rings is 2. The topological polar surface area (TPSA) is 98.9 Å². The predicted molar refractivity (Wildman–Crippen MR) is 78.1 cm³/mol. The Labute approximate surface area is 129 Å². The van der Waals surface area contributed by atoms with Crippen molar-refractivity contribution in [3.05, 3.63) is 57.1 Å². The summed E-state index contributed by atoms with van der Waals surface area (Å²) in [7, 11) is 1.40. The standard InChI is InChI=1S/C14H10ClNO6/c1-21-9-3-4-10(14(17)18)12(7-9)22-13-6-8(15)2-5-11(13)16(19)20/h2-7H,1H3,(H,17,18). The highest BCUT2D eigenvalue weighted by Crippen LogP contribution is 2.36. The summed E-state index contributed by atoms with van der Waals surface area (Å²) in [5.41, 5.74) is -0.487. The highest BCUT2D eigenvalue weighted by molar-refractivity contribution is 6.30. The lowest BCUT2D eigenvalue weighted by atomic mass is 10.2. The average molecular weight is 324 g/mol. The van der Waals surface area contributed by atoms with E-state index in [1.54, 1.807) is 0 Å². The number of nitro groups is 1. The maximum atomic E-state index is 11.2. The lowest BCUT2D eigenvalue weighted by Crippen LogP contribution is -2.01. The Morgan fingerprint density at radius 2 is 1.95 bits per heavy atom. The molecule has 7 nitrogen and oxygen atoms in total. The fourth-order valence-corrected chi connectivity index (χ4v) is 1.89. The Hall–Kier alpha value is -2.80. The summed E-state index contributed by atoms with van der Waals surface area (Å²) >= 11 is 5.81. The molecule has 0 atom stereocenters. The number of nitro benzene ring substituents is 1. The van der Waals surface area contributed by atoms with E-state index in [0.717, 1.165) is 0 Å². The molecule has 0 aliphatic rings. The SMILES string of the molecule is COc1ccc(C(=O)O)c(Oc2cc(Cl)ccc2[N+](=O)[O-])c1. The molecule has 8 heteroatoms. The molecule has 114 valence electrons. The molecule has 0 unspecified atom stereocenters. The van der Waals surface area contributed by atoms with Crippen LogP contribution in [0.4, 0.5) is 5.69 Å². The fraction of sp³-hybridized carbons (Fsp3) is 0.0714. The van der Waals surface area contributed by atoms with Crippen molar-refractivity contribution in [1.29, 1.82) is 0 Å². The third-order valence-corrected chi connectivity index (χ3v) is 2.99. The monoisotopic (exact) mass is 323 g/mol. The molecule has 2 rings (SSSR count). The molecule has 2 aromatic carbocycles. The van der Waals surface area contributed by atoms with Crippen LogP contribution in [0.15, 0.2) is 36.4 Å². The largest absolute Gasteiger partial charge is 0.497 e. The molecule has 0 spiro atoms. The molecule has 0 heterocycles. The highest BCUT2D eigenvalue weighted by atomic mass is 35.5. The number of hydrogen-bond donors (Lipinski definition) is 1. The van der Waals surface area contributed by atoms with Gasteiger partial charge in [-0.2, -0.15) is 0 Å². The van der Waals surface area contributed by atoms with Crippen molar-refractivity contribution in [3.8, 4) is 17.2 Å². The van der Waals surface area contributed by atoms with Crippen LogP contribution in [-0.2, 0) is 0 Å². The van der Waals surface area contributed by atoms with Gasteiger partial charge in [0.15, 0.2) is 0 Å². The molecule has 0 amide bonds. The number of carboxylic acid groups (broad SMARTS) is 1. The van der Waals surface area contributed by atoms with Crippen molar-refractivity contribution in [2.24, 2.45) is 0 Å². The minimum absolute atomic E-state index is 0.0859. The number of halogens is 1. The Morgan fingerprint density at radius 3 is 2.55 bits per heavy atom. The van der Waals surface area contributed by atoms with Crippen LogP contribution < -0.4 is 9.47 Å². The number of hydrogen-bond acceptors (Lipinski definition) is 5. The van der Waals surface area contributed by atoms with Crippen molar-refractivity contribution < 1.29 is 24.3 Å². The van der Waals surface area contributed by atoms with Crippen LogP contribution in [0.5, 0.6) is 17.2 Å². The van der Waals surface area contributed by atoms with Crippen LogP contribution in [0.3, 0.4) is 0 Å². The first-order valence-electron chi connectivity index (χ1n) is 5.95. The van der Waals surface area contributed by atoms with Crippen molar-refractivity contribution in [3.63, 3.8) is 0 Å². The number of aromatic carboxylic acids is 1. The van der Waals surface area contributed by atoms with Crippen molar-refractivity contribution >= 4 is 23.3 Å². The Balaban J connectivity index is 2.52. The molecule has 0 fully saturated rings. The van der Waals surface area contributed by atoms with E-state index in [0.29, 0.717) is 5.75 Å². The number of methoxy groups -OCH3 is 1. The van der Waals surface area contributed by atoms with Gasteiger partial charge in [0, 0.05) is 23.2 Å². The lowest BCUT2D eigenvalue weighted by Gasteiger charge is -2.11. The molecule has 0 aromatic heterocycles. The first-order valence-corrected chi connectivity index (χ1v) is 6.33. The van der Waals surface area contributed by atoms with Crippen LogP contribution in [-0.4, -0.2) is 23.1 Å². The Morgan fingerprint density at radius 1 is 1.23 bits per heavy atom. The van der Waals surface area contributed by atoms with E-state index >= 15 is 0 Å². The number of carboxylic acids is 1. The van der Waals surface area contributed by atoms with E-state index < -0.39 is 10.9 Å². The van der Waals surface area contributed by atoms with Gasteiger partial charge in [-0.1, -0.05) is 11.6 Å². The van der Waals surface area contributed by atoms with Crippen LogP contribution in [0, 0.1) is 10.1 Å². The predicted octanol–water partition coefficient (Wildman–Crippen LogP) is 3.75. The minimum Gasteiger partial charge on any atom is -0.497 e. The second kappa shape index (κ2) is 6.31. The van der Waals surface area contributed by atoms with E-state index in [1.165, 1.54) is 43.5 Å². The summed E-state index contributed by atoms with van der Waals surface area (Å²) in [5.74, 6) is -1.13. The van der Waals surface area contributed by atoms with Crippen LogP contribution in [0.1, 0.15) is 10.4 Å².